The van der Waals surface area contributed by atoms with Gasteiger partial charge in [0.1, 0.15) is 23.1 Å². The molecule has 0 atom stereocenters. The van der Waals surface area contributed by atoms with Crippen molar-refractivity contribution in [3.8, 4) is 11.2 Å². The number of nitriles is 1. The Balaban J connectivity index is 1.49. The van der Waals surface area contributed by atoms with Crippen molar-refractivity contribution in [3.05, 3.63) is 106 Å². The molecule has 422 valence electrons. The van der Waals surface area contributed by atoms with Crippen LogP contribution >= 0.6 is 22.7 Å². The smallest absolute Gasteiger partial charge is 0.294 e. The Hall–Kier alpha value is -6.65. The van der Waals surface area contributed by atoms with Gasteiger partial charge in [-0.3, -0.25) is 23.1 Å². The van der Waals surface area contributed by atoms with Crippen molar-refractivity contribution in [1.82, 2.24) is 24.7 Å². The van der Waals surface area contributed by atoms with Gasteiger partial charge in [0.2, 0.25) is 5.13 Å². The monoisotopic (exact) mass is 1200 g/mol. The molecule has 0 spiro atoms. The summed E-state index contributed by atoms with van der Waals surface area (Å²) in [6.07, 6.45) is 0. The van der Waals surface area contributed by atoms with Crippen LogP contribution in [0.25, 0.3) is 25.6 Å². The van der Waals surface area contributed by atoms with Crippen LogP contribution in [0.1, 0.15) is 139 Å². The summed E-state index contributed by atoms with van der Waals surface area (Å²) in [6.45, 7) is 21.9. The number of pyridine rings is 1. The zero-order valence-corrected chi connectivity index (χ0v) is 50.1. The van der Waals surface area contributed by atoms with Gasteiger partial charge in [0.15, 0.2) is 16.8 Å². The Morgan fingerprint density at radius 1 is 0.625 bits per heavy atom. The van der Waals surface area contributed by atoms with Gasteiger partial charge in [0.25, 0.3) is 40.5 Å². The molecule has 0 radical (unpaired) electrons. The first-order valence-corrected chi connectivity index (χ1v) is 32.0. The second-order valence-corrected chi connectivity index (χ2v) is 28.9. The molecule has 0 fully saturated rings. The van der Waals surface area contributed by atoms with E-state index >= 15 is 0 Å². The minimum Gasteiger partial charge on any atom is -0.338 e. The van der Waals surface area contributed by atoms with Crippen LogP contribution < -0.4 is 10.2 Å². The third-order valence-corrected chi connectivity index (χ3v) is 18.2. The number of nitrogens with one attached hydrogen (secondary N) is 1. The van der Waals surface area contributed by atoms with E-state index in [0.29, 0.717) is 65.3 Å². The number of rotatable bonds is 16. The predicted molar refractivity (Wildman–Crippen MR) is 307 cm³/mol. The van der Waals surface area contributed by atoms with Crippen LogP contribution in [0.15, 0.2) is 96.5 Å². The molecule has 80 heavy (non-hydrogen) atoms. The molecule has 4 aromatic carbocycles. The minimum atomic E-state index is -4.76. The quantitative estimate of drug-likeness (QED) is 0.0443. The lowest BCUT2D eigenvalue weighted by Crippen LogP contribution is -2.18. The van der Waals surface area contributed by atoms with E-state index in [0.717, 1.165) is 22.7 Å². The average molecular weight is 1210 g/mol. The second-order valence-electron chi connectivity index (χ2n) is 21.2. The van der Waals surface area contributed by atoms with Crippen molar-refractivity contribution in [2.45, 2.75) is 132 Å². The number of benzene rings is 4. The number of fused-ring (bicyclic) bond motifs is 2. The molecular weight excluding hydrogens is 1150 g/mol. The minimum absolute atomic E-state index is 0.00276. The van der Waals surface area contributed by atoms with Gasteiger partial charge < -0.3 is 5.32 Å². The Morgan fingerprint density at radius 3 is 1.54 bits per heavy atom. The van der Waals surface area contributed by atoms with Crippen molar-refractivity contribution in [2.75, 3.05) is 10.2 Å². The zero-order chi connectivity index (χ0) is 59.1. The number of nitrogens with zero attached hydrogens (tertiary/aromatic N) is 9. The Kier molecular flexibility index (Phi) is 15.9. The van der Waals surface area contributed by atoms with Gasteiger partial charge in [-0.2, -0.15) is 48.7 Å². The van der Waals surface area contributed by atoms with Gasteiger partial charge >= 0.3 is 0 Å². The number of azo groups is 1. The molecule has 0 amide bonds. The lowest BCUT2D eigenvalue weighted by molar-refractivity contribution is 0.480. The summed E-state index contributed by atoms with van der Waals surface area (Å²) < 4.78 is 143. The SMILES string of the molecule is Cc1cc(N(c2nc3ccc(S(=O)(=O)O)cc3s2)c2c(C(C)C)cc(S(=O)(=O)O)cc2C(C)C)nc(Nc2c(C(C)C)cc(S(=O)(=O)O)cc2C(C)C)c1N=Nc1c(C#N)c(C(C)(C)C)nn1-c1nc2ccc(S(=O)(=O)O)cc2s1. The molecule has 5 N–H and O–H groups in total. The summed E-state index contributed by atoms with van der Waals surface area (Å²) in [5.41, 5.74) is 3.27. The van der Waals surface area contributed by atoms with E-state index in [-0.39, 0.29) is 65.5 Å². The lowest BCUT2D eigenvalue weighted by atomic mass is 9.90. The van der Waals surface area contributed by atoms with Gasteiger partial charge in [0, 0.05) is 11.1 Å². The van der Waals surface area contributed by atoms with Crippen molar-refractivity contribution in [1.29, 1.82) is 5.26 Å². The molecule has 0 aliphatic heterocycles. The maximum absolute atomic E-state index is 12.9. The number of aryl methyl sites for hydroxylation is 1. The third-order valence-electron chi connectivity index (χ3n) is 12.9. The molecule has 0 unspecified atom stereocenters. The standard InChI is InChI=1S/C52H56N10O12S6/c1-25(2)34-18-32(79(69,70)71)19-35(26(3)4)45(34)57-48-44(58-59-49-38(24-53)47(52(10,11)12)60-62(49)51-55-40-16-14-31(78(66,67)68)23-42(40)76-51)29(9)17-43(56-48)61(50-54-39-15-13-30(77(63,64)65)22-41(39)75-50)46-36(27(5)6)20-33(80(72,73)74)21-37(46)28(7)8/h13-23,25-28H,1-12H3,(H,56,57)(H,63,64,65)(H,66,67,68)(H,69,70,71)(H,72,73,74). The largest absolute Gasteiger partial charge is 0.338 e. The third kappa shape index (κ3) is 11.9. The number of thiazole rings is 2. The first-order chi connectivity index (χ1) is 37.0. The van der Waals surface area contributed by atoms with E-state index < -0.39 is 62.6 Å². The van der Waals surface area contributed by atoms with Crippen LogP contribution in [-0.2, 0) is 45.9 Å². The van der Waals surface area contributed by atoms with E-state index in [4.69, 9.17) is 25.3 Å². The highest BCUT2D eigenvalue weighted by Gasteiger charge is 2.33. The van der Waals surface area contributed by atoms with Crippen LogP contribution in [0.4, 0.5) is 39.6 Å². The van der Waals surface area contributed by atoms with Crippen LogP contribution in [0, 0.1) is 18.3 Å². The van der Waals surface area contributed by atoms with E-state index in [1.165, 1.54) is 65.3 Å². The topological polar surface area (TPSA) is 338 Å². The normalized spacial score (nSPS) is 13.0. The summed E-state index contributed by atoms with van der Waals surface area (Å²) >= 11 is 2.04. The average Bonchev–Trinajstić information content (AvgIpc) is 4.07. The summed E-state index contributed by atoms with van der Waals surface area (Å²) in [7, 11) is -18.7. The molecule has 0 saturated carbocycles. The fraction of sp³-hybridized carbons (Fsp3) is 0.327. The molecule has 4 aromatic heterocycles. The number of hydrogen-bond donors (Lipinski definition) is 5. The maximum atomic E-state index is 12.9. The summed E-state index contributed by atoms with van der Waals surface area (Å²) in [6, 6.07) is 17.0. The van der Waals surface area contributed by atoms with Crippen LogP contribution in [0.2, 0.25) is 0 Å². The van der Waals surface area contributed by atoms with E-state index in [9.17, 15) is 57.1 Å². The van der Waals surface area contributed by atoms with Gasteiger partial charge in [-0.25, -0.2) is 15.0 Å². The lowest BCUT2D eigenvalue weighted by Gasteiger charge is -2.30. The van der Waals surface area contributed by atoms with Crippen LogP contribution in [-0.4, -0.2) is 76.6 Å². The predicted octanol–water partition coefficient (Wildman–Crippen LogP) is 13.1. The molecule has 8 rings (SSSR count). The molecule has 22 nitrogen and oxygen atoms in total. The Bertz CT molecular complexity index is 4320. The summed E-state index contributed by atoms with van der Waals surface area (Å²) in [5, 5.41) is 29.0. The van der Waals surface area contributed by atoms with Crippen molar-refractivity contribution in [2.24, 2.45) is 10.2 Å². The summed E-state index contributed by atoms with van der Waals surface area (Å²) in [4.78, 5) is 15.1. The fourth-order valence-electron chi connectivity index (χ4n) is 8.86. The van der Waals surface area contributed by atoms with Crippen molar-refractivity contribution >= 4 is 123 Å². The second kappa shape index (κ2) is 21.3. The van der Waals surface area contributed by atoms with Gasteiger partial charge in [0.05, 0.1) is 51.4 Å². The van der Waals surface area contributed by atoms with Crippen LogP contribution in [0.5, 0.6) is 0 Å². The number of hydrogen-bond acceptors (Lipinski definition) is 19. The van der Waals surface area contributed by atoms with Crippen molar-refractivity contribution < 1.29 is 51.9 Å². The Labute approximate surface area is 471 Å². The molecule has 0 bridgehead atoms. The first-order valence-electron chi connectivity index (χ1n) is 24.6. The highest BCUT2D eigenvalue weighted by molar-refractivity contribution is 7.86. The van der Waals surface area contributed by atoms with Crippen molar-refractivity contribution in [3.63, 3.8) is 0 Å². The molecule has 28 heteroatoms. The van der Waals surface area contributed by atoms with E-state index in [1.54, 1.807) is 17.9 Å². The molecule has 8 aromatic rings. The highest BCUT2D eigenvalue weighted by atomic mass is 32.2. The highest BCUT2D eigenvalue weighted by Crippen LogP contribution is 2.49. The molecule has 0 aliphatic rings. The zero-order valence-electron chi connectivity index (χ0n) is 45.2. The number of aromatic nitrogens is 5. The molecule has 4 heterocycles. The fourth-order valence-corrected chi connectivity index (χ4v) is 13.1. The summed E-state index contributed by atoms with van der Waals surface area (Å²) in [5.74, 6) is -1.58. The van der Waals surface area contributed by atoms with Crippen LogP contribution in [0.3, 0.4) is 0 Å². The van der Waals surface area contributed by atoms with E-state index in [1.807, 2.05) is 76.2 Å². The maximum Gasteiger partial charge on any atom is 0.294 e. The Morgan fingerprint density at radius 2 is 1.09 bits per heavy atom. The van der Waals surface area contributed by atoms with Gasteiger partial charge in [-0.05, 0) is 125 Å². The molecule has 0 aliphatic carbocycles. The number of anilines is 5. The first kappa shape index (κ1) is 59.5. The molecule has 0 saturated heterocycles. The van der Waals surface area contributed by atoms with Gasteiger partial charge in [-0.15, -0.1) is 10.2 Å². The molecular formula is C52H56N10O12S6. The van der Waals surface area contributed by atoms with Gasteiger partial charge in [-0.1, -0.05) is 98.8 Å². The van der Waals surface area contributed by atoms with E-state index in [2.05, 4.69) is 16.4 Å².